The fraction of sp³-hybridized carbons (Fsp3) is 0.294. The van der Waals surface area contributed by atoms with Gasteiger partial charge in [0.25, 0.3) is 0 Å². The first-order chi connectivity index (χ1) is 10.6. The van der Waals surface area contributed by atoms with Crippen LogP contribution in [0.3, 0.4) is 0 Å². The number of carbonyl (C=O) groups is 1. The highest BCUT2D eigenvalue weighted by Crippen LogP contribution is 2.34. The van der Waals surface area contributed by atoms with Crippen molar-refractivity contribution in [2.45, 2.75) is 19.8 Å². The van der Waals surface area contributed by atoms with Gasteiger partial charge in [-0.1, -0.05) is 0 Å². The van der Waals surface area contributed by atoms with Gasteiger partial charge >= 0.3 is 0 Å². The molecule has 1 aliphatic rings. The summed E-state index contributed by atoms with van der Waals surface area (Å²) in [7, 11) is 1.68. The maximum absolute atomic E-state index is 14.5. The van der Waals surface area contributed by atoms with Crippen molar-refractivity contribution in [1.29, 1.82) is 0 Å². The van der Waals surface area contributed by atoms with Gasteiger partial charge in [0, 0.05) is 36.5 Å². The predicted molar refractivity (Wildman–Crippen MR) is 82.5 cm³/mol. The first-order valence-electron chi connectivity index (χ1n) is 7.27. The highest BCUT2D eigenvalue weighted by Gasteiger charge is 2.23. The van der Waals surface area contributed by atoms with E-state index < -0.39 is 0 Å². The molecule has 1 amide bonds. The summed E-state index contributed by atoms with van der Waals surface area (Å²) in [6.07, 6.45) is 4.30. The maximum atomic E-state index is 14.5. The molecule has 1 aromatic carbocycles. The Morgan fingerprint density at radius 2 is 2.09 bits per heavy atom. The molecule has 0 saturated heterocycles. The lowest BCUT2D eigenvalue weighted by atomic mass is 9.96. The smallest absolute Gasteiger partial charge is 0.227 e. The standard InChI is InChI=1S/C17H17FN2O2/c1-3-22-13-6-12(9-19-10-13)14-7-11-4-5-17(21)20(2)16(11)8-15(14)18/h6-10H,3-5H2,1-2H3. The van der Waals surface area contributed by atoms with Gasteiger partial charge < -0.3 is 9.64 Å². The number of hydrogen-bond acceptors (Lipinski definition) is 3. The summed E-state index contributed by atoms with van der Waals surface area (Å²) >= 11 is 0. The summed E-state index contributed by atoms with van der Waals surface area (Å²) < 4.78 is 19.9. The van der Waals surface area contributed by atoms with Crippen molar-refractivity contribution in [2.75, 3.05) is 18.6 Å². The monoisotopic (exact) mass is 300 g/mol. The number of amides is 1. The zero-order chi connectivity index (χ0) is 15.7. The van der Waals surface area contributed by atoms with Gasteiger partial charge in [0.1, 0.15) is 11.6 Å². The molecule has 0 fully saturated rings. The summed E-state index contributed by atoms with van der Waals surface area (Å²) in [6.45, 7) is 2.42. The third-order valence-corrected chi connectivity index (χ3v) is 3.85. The van der Waals surface area contributed by atoms with Crippen LogP contribution in [0.25, 0.3) is 11.1 Å². The number of carbonyl (C=O) groups excluding carboxylic acids is 1. The number of rotatable bonds is 3. The Labute approximate surface area is 128 Å². The molecule has 1 aromatic heterocycles. The van der Waals surface area contributed by atoms with E-state index in [0.717, 1.165) is 5.56 Å². The Balaban J connectivity index is 2.05. The summed E-state index contributed by atoms with van der Waals surface area (Å²) in [5, 5.41) is 0. The highest BCUT2D eigenvalue weighted by atomic mass is 19.1. The van der Waals surface area contributed by atoms with Crippen molar-refractivity contribution < 1.29 is 13.9 Å². The highest BCUT2D eigenvalue weighted by molar-refractivity contribution is 5.96. The number of fused-ring (bicyclic) bond motifs is 1. The van der Waals surface area contributed by atoms with Crippen molar-refractivity contribution in [1.82, 2.24) is 4.98 Å². The first-order valence-corrected chi connectivity index (χ1v) is 7.27. The van der Waals surface area contributed by atoms with Crippen LogP contribution in [0.1, 0.15) is 18.9 Å². The van der Waals surface area contributed by atoms with E-state index in [9.17, 15) is 9.18 Å². The number of aromatic nitrogens is 1. The topological polar surface area (TPSA) is 42.4 Å². The van der Waals surface area contributed by atoms with Crippen molar-refractivity contribution in [3.8, 4) is 16.9 Å². The molecule has 2 aromatic rings. The molecule has 0 saturated carbocycles. The number of hydrogen-bond donors (Lipinski definition) is 0. The summed E-state index contributed by atoms with van der Waals surface area (Å²) in [5.41, 5.74) is 2.77. The Kier molecular flexibility index (Phi) is 3.79. The molecular formula is C17H17FN2O2. The van der Waals surface area contributed by atoms with Gasteiger partial charge in [-0.15, -0.1) is 0 Å². The molecule has 0 spiro atoms. The fourth-order valence-electron chi connectivity index (χ4n) is 2.70. The second-order valence-electron chi connectivity index (χ2n) is 5.26. The van der Waals surface area contributed by atoms with E-state index in [2.05, 4.69) is 4.98 Å². The number of benzene rings is 1. The lowest BCUT2D eigenvalue weighted by molar-refractivity contribution is -0.118. The number of halogens is 1. The van der Waals surface area contributed by atoms with Gasteiger partial charge in [0.05, 0.1) is 12.8 Å². The number of pyridine rings is 1. The van der Waals surface area contributed by atoms with E-state index in [0.29, 0.717) is 42.0 Å². The molecule has 0 bridgehead atoms. The van der Waals surface area contributed by atoms with Crippen molar-refractivity contribution in [2.24, 2.45) is 0 Å². The van der Waals surface area contributed by atoms with Gasteiger partial charge in [0.15, 0.2) is 0 Å². The second kappa shape index (κ2) is 5.75. The van der Waals surface area contributed by atoms with Crippen LogP contribution in [0.2, 0.25) is 0 Å². The normalized spacial score (nSPS) is 14.0. The predicted octanol–water partition coefficient (Wildman–Crippen LogP) is 3.20. The second-order valence-corrected chi connectivity index (χ2v) is 5.26. The fourth-order valence-corrected chi connectivity index (χ4v) is 2.70. The van der Waals surface area contributed by atoms with Gasteiger partial charge in [0.2, 0.25) is 5.91 Å². The molecule has 2 heterocycles. The Morgan fingerprint density at radius 3 is 2.86 bits per heavy atom. The largest absolute Gasteiger partial charge is 0.492 e. The molecule has 0 unspecified atom stereocenters. The molecule has 0 radical (unpaired) electrons. The average molecular weight is 300 g/mol. The number of anilines is 1. The molecule has 114 valence electrons. The van der Waals surface area contributed by atoms with E-state index in [-0.39, 0.29) is 11.7 Å². The number of nitrogens with zero attached hydrogens (tertiary/aromatic N) is 2. The lowest BCUT2D eigenvalue weighted by Gasteiger charge is -2.26. The van der Waals surface area contributed by atoms with Crippen LogP contribution in [-0.2, 0) is 11.2 Å². The van der Waals surface area contributed by atoms with E-state index in [1.807, 2.05) is 6.92 Å². The first kappa shape index (κ1) is 14.5. The third-order valence-electron chi connectivity index (χ3n) is 3.85. The number of ether oxygens (including phenoxy) is 1. The molecule has 4 nitrogen and oxygen atoms in total. The molecule has 0 atom stereocenters. The lowest BCUT2D eigenvalue weighted by Crippen LogP contribution is -2.31. The zero-order valence-electron chi connectivity index (χ0n) is 12.6. The van der Waals surface area contributed by atoms with E-state index in [4.69, 9.17) is 4.74 Å². The molecular weight excluding hydrogens is 283 g/mol. The minimum Gasteiger partial charge on any atom is -0.492 e. The number of aryl methyl sites for hydroxylation is 1. The van der Waals surface area contributed by atoms with Crippen LogP contribution in [0.5, 0.6) is 5.75 Å². The van der Waals surface area contributed by atoms with Gasteiger partial charge in [-0.05, 0) is 37.1 Å². The Bertz CT molecular complexity index is 731. The van der Waals surface area contributed by atoms with E-state index in [1.54, 1.807) is 31.6 Å². The van der Waals surface area contributed by atoms with E-state index in [1.165, 1.54) is 11.0 Å². The summed E-state index contributed by atoms with van der Waals surface area (Å²) in [5.74, 6) is 0.264. The van der Waals surface area contributed by atoms with Crippen molar-refractivity contribution >= 4 is 11.6 Å². The molecule has 5 heteroatoms. The minimum atomic E-state index is -0.365. The third kappa shape index (κ3) is 2.54. The van der Waals surface area contributed by atoms with Gasteiger partial charge in [-0.3, -0.25) is 9.78 Å². The molecule has 0 aliphatic carbocycles. The molecule has 3 rings (SSSR count). The Hall–Kier alpha value is -2.43. The summed E-state index contributed by atoms with van der Waals surface area (Å²) in [6, 6.07) is 5.01. The summed E-state index contributed by atoms with van der Waals surface area (Å²) in [4.78, 5) is 17.3. The van der Waals surface area contributed by atoms with E-state index >= 15 is 0 Å². The van der Waals surface area contributed by atoms with Crippen LogP contribution >= 0.6 is 0 Å². The maximum Gasteiger partial charge on any atom is 0.227 e. The molecule has 22 heavy (non-hydrogen) atoms. The zero-order valence-corrected chi connectivity index (χ0v) is 12.6. The van der Waals surface area contributed by atoms with Gasteiger partial charge in [-0.2, -0.15) is 0 Å². The van der Waals surface area contributed by atoms with Gasteiger partial charge in [-0.25, -0.2) is 4.39 Å². The van der Waals surface area contributed by atoms with Crippen LogP contribution in [0.4, 0.5) is 10.1 Å². The van der Waals surface area contributed by atoms with Crippen molar-refractivity contribution in [3.05, 3.63) is 42.0 Å². The quantitative estimate of drug-likeness (QED) is 0.874. The van der Waals surface area contributed by atoms with Crippen molar-refractivity contribution in [3.63, 3.8) is 0 Å². The Morgan fingerprint density at radius 1 is 1.27 bits per heavy atom. The SMILES string of the molecule is CCOc1cncc(-c2cc3c(cc2F)N(C)C(=O)CC3)c1. The average Bonchev–Trinajstić information content (AvgIpc) is 2.52. The molecule has 1 aliphatic heterocycles. The van der Waals surface area contributed by atoms with Crippen LogP contribution in [0, 0.1) is 5.82 Å². The minimum absolute atomic E-state index is 0.0136. The van der Waals surface area contributed by atoms with Crippen LogP contribution < -0.4 is 9.64 Å². The molecule has 0 N–H and O–H groups in total. The van der Waals surface area contributed by atoms with Crippen LogP contribution in [0.15, 0.2) is 30.6 Å². The van der Waals surface area contributed by atoms with Crippen LogP contribution in [-0.4, -0.2) is 24.5 Å².